The molecule has 9 heteroatoms. The second-order valence-corrected chi connectivity index (χ2v) is 8.55. The van der Waals surface area contributed by atoms with Crippen molar-refractivity contribution in [2.45, 2.75) is 0 Å². The smallest absolute Gasteiger partial charge is 0.292 e. The predicted molar refractivity (Wildman–Crippen MR) is 129 cm³/mol. The minimum atomic E-state index is -0.567. The molecule has 0 bridgehead atoms. The van der Waals surface area contributed by atoms with Crippen LogP contribution in [0.25, 0.3) is 27.9 Å². The highest BCUT2D eigenvalue weighted by Gasteiger charge is 2.36. The van der Waals surface area contributed by atoms with Gasteiger partial charge in [0.1, 0.15) is 0 Å². The van der Waals surface area contributed by atoms with Crippen molar-refractivity contribution in [2.24, 2.45) is 0 Å². The molecule has 0 aliphatic carbocycles. The second kappa shape index (κ2) is 8.53. The van der Waals surface area contributed by atoms with E-state index in [1.807, 2.05) is 48.5 Å². The first kappa shape index (κ1) is 21.5. The molecule has 0 radical (unpaired) electrons. The number of nitro benzene ring substituents is 1. The highest BCUT2D eigenvalue weighted by molar-refractivity contribution is 8.18. The van der Waals surface area contributed by atoms with Gasteiger partial charge in [-0.15, -0.1) is 0 Å². The number of nitro groups is 1. The number of carbonyl (C=O) groups excluding carboxylic acids is 3. The molecule has 4 aromatic rings. The topological polar surface area (TPSA) is 110 Å². The first-order valence-corrected chi connectivity index (χ1v) is 11.0. The highest BCUT2D eigenvalue weighted by Crippen LogP contribution is 2.35. The van der Waals surface area contributed by atoms with Crippen LogP contribution in [0.3, 0.4) is 0 Å². The lowest BCUT2D eigenvalue weighted by Gasteiger charge is -2.11. The van der Waals surface area contributed by atoms with E-state index in [0.717, 1.165) is 44.0 Å². The molecule has 0 unspecified atom stereocenters. The first-order valence-electron chi connectivity index (χ1n) is 10.2. The third-order valence-corrected chi connectivity index (χ3v) is 6.39. The molecule has 0 N–H and O–H groups in total. The molecule has 1 aliphatic rings. The van der Waals surface area contributed by atoms with Crippen molar-refractivity contribution in [3.8, 4) is 0 Å². The molecule has 0 atom stereocenters. The van der Waals surface area contributed by atoms with Crippen LogP contribution < -0.4 is 0 Å². The number of para-hydroxylation sites is 2. The standard InChI is InChI=1S/C25H15N3O5S/c29-22(15-9-11-16(12-10-15)28(32)33)14-27-24(30)23(34-25(27)31)13-19-17-5-1-3-7-20(17)26-21-8-4-2-6-18(19)21/h1-13H,14H2/b23-13+. The summed E-state index contributed by atoms with van der Waals surface area (Å²) in [7, 11) is 0. The van der Waals surface area contributed by atoms with Crippen molar-refractivity contribution in [1.82, 2.24) is 9.88 Å². The number of thioether (sulfide) groups is 1. The number of carbonyl (C=O) groups is 3. The Hall–Kier alpha value is -4.37. The van der Waals surface area contributed by atoms with Gasteiger partial charge >= 0.3 is 0 Å². The molecule has 0 spiro atoms. The Balaban J connectivity index is 1.48. The van der Waals surface area contributed by atoms with Crippen molar-refractivity contribution < 1.29 is 19.3 Å². The minimum absolute atomic E-state index is 0.151. The zero-order valence-corrected chi connectivity index (χ0v) is 18.3. The summed E-state index contributed by atoms with van der Waals surface area (Å²) in [6.07, 6.45) is 1.67. The fraction of sp³-hybridized carbons (Fsp3) is 0.0400. The maximum absolute atomic E-state index is 13.1. The quantitative estimate of drug-likeness (QED) is 0.130. The number of ketones is 1. The zero-order valence-electron chi connectivity index (χ0n) is 17.5. The summed E-state index contributed by atoms with van der Waals surface area (Å²) >= 11 is 0.774. The normalized spacial score (nSPS) is 14.9. The summed E-state index contributed by atoms with van der Waals surface area (Å²) in [4.78, 5) is 54.3. The van der Waals surface area contributed by atoms with Crippen LogP contribution in [0.2, 0.25) is 0 Å². The number of benzene rings is 3. The van der Waals surface area contributed by atoms with Crippen LogP contribution in [0, 0.1) is 10.1 Å². The van der Waals surface area contributed by atoms with E-state index < -0.39 is 28.4 Å². The van der Waals surface area contributed by atoms with Gasteiger partial charge in [-0.1, -0.05) is 36.4 Å². The summed E-state index contributed by atoms with van der Waals surface area (Å²) < 4.78 is 0. The van der Waals surface area contributed by atoms with Crippen LogP contribution in [0.15, 0.2) is 77.7 Å². The average Bonchev–Trinajstić information content (AvgIpc) is 3.11. The van der Waals surface area contributed by atoms with Gasteiger partial charge in [0.05, 0.1) is 27.4 Å². The molecule has 166 valence electrons. The lowest BCUT2D eigenvalue weighted by molar-refractivity contribution is -0.384. The fourth-order valence-corrected chi connectivity index (χ4v) is 4.62. The van der Waals surface area contributed by atoms with E-state index in [9.17, 15) is 24.5 Å². The van der Waals surface area contributed by atoms with Crippen LogP contribution in [-0.2, 0) is 4.79 Å². The van der Waals surface area contributed by atoms with E-state index in [2.05, 4.69) is 4.98 Å². The monoisotopic (exact) mass is 469 g/mol. The third kappa shape index (κ3) is 3.82. The van der Waals surface area contributed by atoms with Gasteiger partial charge in [-0.05, 0) is 47.7 Å². The Kier molecular flexibility index (Phi) is 5.39. The number of imide groups is 1. The van der Waals surface area contributed by atoms with Gasteiger partial charge in [-0.3, -0.25) is 29.4 Å². The summed E-state index contributed by atoms with van der Waals surface area (Å²) in [5.74, 6) is -1.05. The number of hydrogen-bond donors (Lipinski definition) is 0. The molecule has 1 fully saturated rings. The summed E-state index contributed by atoms with van der Waals surface area (Å²) in [6, 6.07) is 20.1. The number of non-ortho nitro benzene ring substituents is 1. The number of nitrogens with zero attached hydrogens (tertiary/aromatic N) is 3. The Morgan fingerprint density at radius 3 is 2.12 bits per heavy atom. The molecule has 0 saturated carbocycles. The van der Waals surface area contributed by atoms with Crippen LogP contribution >= 0.6 is 11.8 Å². The number of amides is 2. The number of pyridine rings is 1. The van der Waals surface area contributed by atoms with E-state index in [0.29, 0.717) is 0 Å². The van der Waals surface area contributed by atoms with Crippen LogP contribution in [0.1, 0.15) is 15.9 Å². The molecule has 3 aromatic carbocycles. The Bertz CT molecular complexity index is 1490. The van der Waals surface area contributed by atoms with Crippen molar-refractivity contribution in [1.29, 1.82) is 0 Å². The SMILES string of the molecule is O=C(CN1C(=O)S/C(=C/c2c3ccccc3nc3ccccc23)C1=O)c1ccc([N+](=O)[O-])cc1. The van der Waals surface area contributed by atoms with Crippen molar-refractivity contribution in [2.75, 3.05) is 6.54 Å². The molecule has 1 aliphatic heterocycles. The van der Waals surface area contributed by atoms with Gasteiger partial charge in [-0.25, -0.2) is 4.98 Å². The molecule has 34 heavy (non-hydrogen) atoms. The van der Waals surface area contributed by atoms with Gasteiger partial charge in [-0.2, -0.15) is 0 Å². The first-order chi connectivity index (χ1) is 16.4. The van der Waals surface area contributed by atoms with E-state index in [4.69, 9.17) is 0 Å². The number of Topliss-reactive ketones (excluding diaryl/α,β-unsaturated/α-hetero) is 1. The Labute approximate surface area is 197 Å². The highest BCUT2D eigenvalue weighted by atomic mass is 32.2. The van der Waals surface area contributed by atoms with Crippen molar-refractivity contribution in [3.63, 3.8) is 0 Å². The van der Waals surface area contributed by atoms with Crippen LogP contribution in [0.5, 0.6) is 0 Å². The molecule has 8 nitrogen and oxygen atoms in total. The number of rotatable bonds is 5. The summed E-state index contributed by atoms with van der Waals surface area (Å²) in [5, 5.41) is 11.9. The number of fused-ring (bicyclic) bond motifs is 2. The zero-order chi connectivity index (χ0) is 23.8. The summed E-state index contributed by atoms with van der Waals surface area (Å²) in [5.41, 5.74) is 2.33. The van der Waals surface area contributed by atoms with Crippen molar-refractivity contribution in [3.05, 3.63) is 98.9 Å². The van der Waals surface area contributed by atoms with Crippen LogP contribution in [0.4, 0.5) is 10.5 Å². The Morgan fingerprint density at radius 2 is 1.53 bits per heavy atom. The predicted octanol–water partition coefficient (Wildman–Crippen LogP) is 5.22. The van der Waals surface area contributed by atoms with E-state index in [-0.39, 0.29) is 16.2 Å². The second-order valence-electron chi connectivity index (χ2n) is 7.55. The Morgan fingerprint density at radius 1 is 0.941 bits per heavy atom. The fourth-order valence-electron chi connectivity index (χ4n) is 3.80. The van der Waals surface area contributed by atoms with Crippen LogP contribution in [-0.4, -0.2) is 38.3 Å². The maximum atomic E-state index is 13.1. The molecule has 5 rings (SSSR count). The summed E-state index contributed by atoms with van der Waals surface area (Å²) in [6.45, 7) is -0.447. The lowest BCUT2D eigenvalue weighted by atomic mass is 10.0. The van der Waals surface area contributed by atoms with E-state index >= 15 is 0 Å². The molecule has 2 heterocycles. The van der Waals surface area contributed by atoms with Gasteiger partial charge < -0.3 is 0 Å². The minimum Gasteiger partial charge on any atom is -0.292 e. The third-order valence-electron chi connectivity index (χ3n) is 5.48. The maximum Gasteiger partial charge on any atom is 0.293 e. The van der Waals surface area contributed by atoms with Crippen molar-refractivity contribution >= 4 is 62.3 Å². The molecular weight excluding hydrogens is 454 g/mol. The number of hydrogen-bond acceptors (Lipinski definition) is 7. The van der Waals surface area contributed by atoms with Gasteiger partial charge in [0.25, 0.3) is 16.8 Å². The number of aromatic nitrogens is 1. The average molecular weight is 469 g/mol. The molecule has 1 saturated heterocycles. The van der Waals surface area contributed by atoms with Gasteiger partial charge in [0.15, 0.2) is 5.78 Å². The molecule has 1 aromatic heterocycles. The molecular formula is C25H15N3O5S. The lowest BCUT2D eigenvalue weighted by Crippen LogP contribution is -2.33. The van der Waals surface area contributed by atoms with Gasteiger partial charge in [0.2, 0.25) is 0 Å². The molecule has 2 amide bonds. The van der Waals surface area contributed by atoms with E-state index in [1.165, 1.54) is 24.3 Å². The van der Waals surface area contributed by atoms with E-state index in [1.54, 1.807) is 6.08 Å². The largest absolute Gasteiger partial charge is 0.293 e. The van der Waals surface area contributed by atoms with Gasteiger partial charge in [0, 0.05) is 28.5 Å².